The molecule has 1 aromatic heterocycles. The van der Waals surface area contributed by atoms with Gasteiger partial charge in [-0.15, -0.1) is 0 Å². The number of anilines is 1. The van der Waals surface area contributed by atoms with Gasteiger partial charge in [0, 0.05) is 6.04 Å². The maximum atomic E-state index is 11.4. The number of aromatic nitrogens is 2. The largest absolute Gasteiger partial charge is 0.362 e. The summed E-state index contributed by atoms with van der Waals surface area (Å²) in [5.41, 5.74) is 1.04. The zero-order chi connectivity index (χ0) is 12.3. The number of aromatic amines is 1. The summed E-state index contributed by atoms with van der Waals surface area (Å²) in [7, 11) is 0. The molecule has 17 heavy (non-hydrogen) atoms. The maximum Gasteiger partial charge on any atom is 0.266 e. The van der Waals surface area contributed by atoms with Crippen LogP contribution in [0.4, 0.5) is 5.82 Å². The molecule has 0 saturated heterocycles. The molecule has 0 spiro atoms. The molecule has 1 unspecified atom stereocenters. The standard InChI is InChI=1S/C12H12IN3O/c1-8(9-5-3-2-4-6-9)16-11-10(13)12(17)15-7-14-11/h2-8H,1H3,(H2,14,15,16,17). The Morgan fingerprint density at radius 2 is 2.06 bits per heavy atom. The molecule has 0 aliphatic rings. The van der Waals surface area contributed by atoms with E-state index >= 15 is 0 Å². The Kier molecular flexibility index (Phi) is 3.78. The first-order valence-electron chi connectivity index (χ1n) is 5.23. The van der Waals surface area contributed by atoms with Crippen molar-refractivity contribution in [3.63, 3.8) is 0 Å². The Hall–Kier alpha value is -1.37. The van der Waals surface area contributed by atoms with Gasteiger partial charge in [0.15, 0.2) is 0 Å². The number of halogens is 1. The van der Waals surface area contributed by atoms with Gasteiger partial charge >= 0.3 is 0 Å². The number of benzene rings is 1. The predicted octanol–water partition coefficient (Wildman–Crippen LogP) is 2.55. The summed E-state index contributed by atoms with van der Waals surface area (Å²) in [5, 5.41) is 3.23. The van der Waals surface area contributed by atoms with Crippen LogP contribution in [0.15, 0.2) is 41.5 Å². The zero-order valence-corrected chi connectivity index (χ0v) is 11.4. The zero-order valence-electron chi connectivity index (χ0n) is 9.27. The van der Waals surface area contributed by atoms with Crippen LogP contribution in [-0.4, -0.2) is 9.97 Å². The smallest absolute Gasteiger partial charge is 0.266 e. The second-order valence-corrected chi connectivity index (χ2v) is 4.75. The van der Waals surface area contributed by atoms with E-state index in [1.165, 1.54) is 6.33 Å². The maximum absolute atomic E-state index is 11.4. The summed E-state index contributed by atoms with van der Waals surface area (Å²) in [5.74, 6) is 0.616. The van der Waals surface area contributed by atoms with Crippen LogP contribution in [0.3, 0.4) is 0 Å². The lowest BCUT2D eigenvalue weighted by molar-refractivity contribution is 0.867. The van der Waals surface area contributed by atoms with Gasteiger partial charge in [0.2, 0.25) is 0 Å². The molecule has 0 aliphatic carbocycles. The van der Waals surface area contributed by atoms with E-state index in [2.05, 4.69) is 15.3 Å². The van der Waals surface area contributed by atoms with Crippen molar-refractivity contribution < 1.29 is 0 Å². The highest BCUT2D eigenvalue weighted by atomic mass is 127. The quantitative estimate of drug-likeness (QED) is 0.844. The molecule has 2 rings (SSSR count). The van der Waals surface area contributed by atoms with Crippen molar-refractivity contribution in [2.75, 3.05) is 5.32 Å². The minimum absolute atomic E-state index is 0.110. The van der Waals surface area contributed by atoms with Crippen molar-refractivity contribution in [2.45, 2.75) is 13.0 Å². The number of rotatable bonds is 3. The Bertz CT molecular complexity index is 553. The van der Waals surface area contributed by atoms with E-state index in [9.17, 15) is 4.79 Å². The summed E-state index contributed by atoms with van der Waals surface area (Å²) < 4.78 is 0.577. The van der Waals surface area contributed by atoms with E-state index in [1.54, 1.807) is 0 Å². The molecule has 4 nitrogen and oxygen atoms in total. The summed E-state index contributed by atoms with van der Waals surface area (Å²) in [6.45, 7) is 2.04. The number of hydrogen-bond acceptors (Lipinski definition) is 3. The van der Waals surface area contributed by atoms with E-state index < -0.39 is 0 Å². The Morgan fingerprint density at radius 3 is 2.76 bits per heavy atom. The van der Waals surface area contributed by atoms with E-state index in [0.717, 1.165) is 5.56 Å². The molecule has 0 saturated carbocycles. The fraction of sp³-hybridized carbons (Fsp3) is 0.167. The molecule has 1 heterocycles. The first kappa shape index (κ1) is 12.1. The molecule has 2 aromatic rings. The number of hydrogen-bond donors (Lipinski definition) is 2. The average Bonchev–Trinajstić information content (AvgIpc) is 2.36. The van der Waals surface area contributed by atoms with Crippen LogP contribution in [0.1, 0.15) is 18.5 Å². The van der Waals surface area contributed by atoms with Crippen molar-refractivity contribution in [2.24, 2.45) is 0 Å². The van der Waals surface area contributed by atoms with Gasteiger partial charge in [-0.2, -0.15) is 0 Å². The lowest BCUT2D eigenvalue weighted by Crippen LogP contribution is -2.16. The molecule has 0 radical (unpaired) electrons. The fourth-order valence-corrected chi connectivity index (χ4v) is 1.96. The van der Waals surface area contributed by atoms with Crippen LogP contribution >= 0.6 is 22.6 Å². The van der Waals surface area contributed by atoms with Crippen molar-refractivity contribution in [3.8, 4) is 0 Å². The van der Waals surface area contributed by atoms with Crippen LogP contribution in [0.5, 0.6) is 0 Å². The highest BCUT2D eigenvalue weighted by Crippen LogP contribution is 2.19. The highest BCUT2D eigenvalue weighted by molar-refractivity contribution is 14.1. The summed E-state index contributed by atoms with van der Waals surface area (Å²) in [4.78, 5) is 18.1. The molecule has 0 fully saturated rings. The lowest BCUT2D eigenvalue weighted by atomic mass is 10.1. The summed E-state index contributed by atoms with van der Waals surface area (Å²) in [6, 6.07) is 10.1. The number of H-pyrrole nitrogens is 1. The minimum atomic E-state index is -0.122. The average molecular weight is 341 g/mol. The topological polar surface area (TPSA) is 57.8 Å². The third kappa shape index (κ3) is 2.85. The third-order valence-corrected chi connectivity index (χ3v) is 3.45. The molecular formula is C12H12IN3O. The van der Waals surface area contributed by atoms with Gasteiger partial charge < -0.3 is 10.3 Å². The van der Waals surface area contributed by atoms with Gasteiger partial charge in [0.25, 0.3) is 5.56 Å². The van der Waals surface area contributed by atoms with Gasteiger partial charge in [-0.25, -0.2) is 4.98 Å². The highest BCUT2D eigenvalue weighted by Gasteiger charge is 2.09. The van der Waals surface area contributed by atoms with Gasteiger partial charge in [0.05, 0.1) is 6.33 Å². The minimum Gasteiger partial charge on any atom is -0.362 e. The van der Waals surface area contributed by atoms with Crippen molar-refractivity contribution >= 4 is 28.4 Å². The Balaban J connectivity index is 2.22. The molecule has 88 valence electrons. The SMILES string of the molecule is CC(Nc1nc[nH]c(=O)c1I)c1ccccc1. The van der Waals surface area contributed by atoms with Gasteiger partial charge in [-0.05, 0) is 35.1 Å². The second-order valence-electron chi connectivity index (χ2n) is 3.67. The third-order valence-electron chi connectivity index (χ3n) is 2.45. The molecule has 0 amide bonds. The first-order valence-corrected chi connectivity index (χ1v) is 6.31. The summed E-state index contributed by atoms with van der Waals surface area (Å²) >= 11 is 1.99. The van der Waals surface area contributed by atoms with Crippen molar-refractivity contribution in [1.29, 1.82) is 0 Å². The predicted molar refractivity (Wildman–Crippen MR) is 76.1 cm³/mol. The molecule has 0 bridgehead atoms. The Labute approximate surface area is 113 Å². The van der Waals surface area contributed by atoms with Gasteiger partial charge in [0.1, 0.15) is 9.39 Å². The van der Waals surface area contributed by atoms with Crippen LogP contribution in [0.25, 0.3) is 0 Å². The number of nitrogens with one attached hydrogen (secondary N) is 2. The Morgan fingerprint density at radius 1 is 1.35 bits per heavy atom. The molecular weight excluding hydrogens is 329 g/mol. The normalized spacial score (nSPS) is 12.1. The molecule has 5 heteroatoms. The van der Waals surface area contributed by atoms with Crippen molar-refractivity contribution in [3.05, 3.63) is 56.1 Å². The molecule has 1 atom stereocenters. The van der Waals surface area contributed by atoms with Gasteiger partial charge in [-0.3, -0.25) is 4.79 Å². The summed E-state index contributed by atoms with van der Waals surface area (Å²) in [6.07, 6.45) is 1.41. The number of nitrogens with zero attached hydrogens (tertiary/aromatic N) is 1. The second kappa shape index (κ2) is 5.31. The van der Waals surface area contributed by atoms with Crippen LogP contribution < -0.4 is 10.9 Å². The lowest BCUT2D eigenvalue weighted by Gasteiger charge is -2.15. The molecule has 0 aliphatic heterocycles. The molecule has 2 N–H and O–H groups in total. The van der Waals surface area contributed by atoms with Crippen LogP contribution in [0.2, 0.25) is 0 Å². The monoisotopic (exact) mass is 341 g/mol. The van der Waals surface area contributed by atoms with Crippen LogP contribution in [-0.2, 0) is 0 Å². The van der Waals surface area contributed by atoms with E-state index in [4.69, 9.17) is 0 Å². The van der Waals surface area contributed by atoms with E-state index in [1.807, 2.05) is 59.8 Å². The van der Waals surface area contributed by atoms with E-state index in [0.29, 0.717) is 9.39 Å². The first-order chi connectivity index (χ1) is 8.18. The van der Waals surface area contributed by atoms with Crippen molar-refractivity contribution in [1.82, 2.24) is 9.97 Å². The van der Waals surface area contributed by atoms with E-state index in [-0.39, 0.29) is 11.6 Å². The fourth-order valence-electron chi connectivity index (χ4n) is 1.51. The van der Waals surface area contributed by atoms with Gasteiger partial charge in [-0.1, -0.05) is 30.3 Å². The molecule has 1 aromatic carbocycles. The van der Waals surface area contributed by atoms with Crippen LogP contribution in [0, 0.1) is 3.57 Å².